The highest BCUT2D eigenvalue weighted by molar-refractivity contribution is 4.89. The largest absolute Gasteiger partial charge is 0.374 e. The van der Waals surface area contributed by atoms with Gasteiger partial charge in [-0.1, -0.05) is 39.5 Å². The van der Waals surface area contributed by atoms with Gasteiger partial charge in [-0.05, 0) is 45.6 Å². The van der Waals surface area contributed by atoms with Gasteiger partial charge in [0, 0.05) is 12.6 Å². The SMILES string of the molecule is CCNC(CCC1CCCC1)C(C)(CC)OCC. The zero-order valence-electron chi connectivity index (χ0n) is 12.9. The summed E-state index contributed by atoms with van der Waals surface area (Å²) in [7, 11) is 0. The minimum Gasteiger partial charge on any atom is -0.374 e. The molecule has 2 nitrogen and oxygen atoms in total. The van der Waals surface area contributed by atoms with Gasteiger partial charge in [-0.25, -0.2) is 0 Å². The Bertz CT molecular complexity index is 213. The molecule has 2 heteroatoms. The van der Waals surface area contributed by atoms with Crippen molar-refractivity contribution in [2.24, 2.45) is 5.92 Å². The van der Waals surface area contributed by atoms with E-state index in [0.717, 1.165) is 25.5 Å². The van der Waals surface area contributed by atoms with Gasteiger partial charge in [0.25, 0.3) is 0 Å². The zero-order chi connectivity index (χ0) is 13.4. The third-order valence-electron chi connectivity index (χ3n) is 4.70. The lowest BCUT2D eigenvalue weighted by Crippen LogP contribution is -2.50. The van der Waals surface area contributed by atoms with Crippen LogP contribution < -0.4 is 5.32 Å². The van der Waals surface area contributed by atoms with Crippen LogP contribution in [0.15, 0.2) is 0 Å². The average molecular weight is 255 g/mol. The van der Waals surface area contributed by atoms with Gasteiger partial charge >= 0.3 is 0 Å². The predicted molar refractivity (Wildman–Crippen MR) is 79.0 cm³/mol. The van der Waals surface area contributed by atoms with Crippen LogP contribution in [0.5, 0.6) is 0 Å². The van der Waals surface area contributed by atoms with E-state index in [2.05, 4.69) is 33.0 Å². The third-order valence-corrected chi connectivity index (χ3v) is 4.70. The first-order chi connectivity index (χ1) is 8.66. The predicted octanol–water partition coefficient (Wildman–Crippen LogP) is 4.14. The number of likely N-dealkylation sites (N-methyl/N-ethyl adjacent to an activating group) is 1. The van der Waals surface area contributed by atoms with Gasteiger partial charge in [0.15, 0.2) is 0 Å². The van der Waals surface area contributed by atoms with Gasteiger partial charge in [-0.2, -0.15) is 0 Å². The van der Waals surface area contributed by atoms with E-state index in [-0.39, 0.29) is 5.60 Å². The Labute approximate surface area is 114 Å². The van der Waals surface area contributed by atoms with E-state index in [1.54, 1.807) is 0 Å². The van der Waals surface area contributed by atoms with E-state index in [1.165, 1.54) is 38.5 Å². The van der Waals surface area contributed by atoms with Crippen molar-refractivity contribution < 1.29 is 4.74 Å². The molecule has 1 N–H and O–H groups in total. The number of hydrogen-bond acceptors (Lipinski definition) is 2. The molecule has 0 radical (unpaired) electrons. The first kappa shape index (κ1) is 16.0. The molecule has 0 heterocycles. The maximum atomic E-state index is 6.05. The lowest BCUT2D eigenvalue weighted by Gasteiger charge is -2.38. The maximum absolute atomic E-state index is 6.05. The van der Waals surface area contributed by atoms with E-state index in [4.69, 9.17) is 4.74 Å². The van der Waals surface area contributed by atoms with Crippen LogP contribution in [0.4, 0.5) is 0 Å². The van der Waals surface area contributed by atoms with Gasteiger partial charge < -0.3 is 10.1 Å². The highest BCUT2D eigenvalue weighted by atomic mass is 16.5. The van der Waals surface area contributed by atoms with Crippen LogP contribution in [-0.2, 0) is 4.74 Å². The van der Waals surface area contributed by atoms with Crippen molar-refractivity contribution in [1.29, 1.82) is 0 Å². The highest BCUT2D eigenvalue weighted by Crippen LogP contribution is 2.31. The molecule has 108 valence electrons. The van der Waals surface area contributed by atoms with E-state index in [1.807, 2.05) is 0 Å². The number of ether oxygens (including phenoxy) is 1. The Kier molecular flexibility index (Phi) is 7.25. The molecular weight excluding hydrogens is 222 g/mol. The molecule has 0 spiro atoms. The van der Waals surface area contributed by atoms with E-state index in [9.17, 15) is 0 Å². The van der Waals surface area contributed by atoms with Crippen molar-refractivity contribution >= 4 is 0 Å². The summed E-state index contributed by atoms with van der Waals surface area (Å²) in [6.07, 6.45) is 9.54. The van der Waals surface area contributed by atoms with Crippen molar-refractivity contribution in [2.45, 2.75) is 84.3 Å². The van der Waals surface area contributed by atoms with Crippen LogP contribution in [0, 0.1) is 5.92 Å². The van der Waals surface area contributed by atoms with Crippen molar-refractivity contribution in [3.63, 3.8) is 0 Å². The molecular formula is C16H33NO. The van der Waals surface area contributed by atoms with E-state index < -0.39 is 0 Å². The molecule has 1 rings (SSSR count). The molecule has 1 aliphatic rings. The summed E-state index contributed by atoms with van der Waals surface area (Å²) < 4.78 is 6.05. The Morgan fingerprint density at radius 2 is 1.89 bits per heavy atom. The van der Waals surface area contributed by atoms with Crippen molar-refractivity contribution in [3.8, 4) is 0 Å². The van der Waals surface area contributed by atoms with Gasteiger partial charge in [0.2, 0.25) is 0 Å². The normalized spacial score (nSPS) is 22.0. The second kappa shape index (κ2) is 8.16. The number of nitrogens with one attached hydrogen (secondary N) is 1. The molecule has 18 heavy (non-hydrogen) atoms. The summed E-state index contributed by atoms with van der Waals surface area (Å²) in [5.74, 6) is 0.980. The minimum absolute atomic E-state index is 0.00334. The Morgan fingerprint density at radius 3 is 2.39 bits per heavy atom. The fourth-order valence-electron chi connectivity index (χ4n) is 3.35. The molecule has 2 unspecified atom stereocenters. The molecule has 0 aromatic carbocycles. The molecule has 1 aliphatic carbocycles. The second-order valence-electron chi connectivity index (χ2n) is 5.94. The van der Waals surface area contributed by atoms with Gasteiger partial charge in [-0.15, -0.1) is 0 Å². The summed E-state index contributed by atoms with van der Waals surface area (Å²) in [6, 6.07) is 0.507. The molecule has 0 aromatic rings. The molecule has 1 saturated carbocycles. The van der Waals surface area contributed by atoms with Crippen molar-refractivity contribution in [3.05, 3.63) is 0 Å². The fourth-order valence-corrected chi connectivity index (χ4v) is 3.35. The molecule has 2 atom stereocenters. The van der Waals surface area contributed by atoms with Crippen LogP contribution >= 0.6 is 0 Å². The van der Waals surface area contributed by atoms with Crippen molar-refractivity contribution in [1.82, 2.24) is 5.32 Å². The Morgan fingerprint density at radius 1 is 1.22 bits per heavy atom. The highest BCUT2D eigenvalue weighted by Gasteiger charge is 2.33. The molecule has 0 aromatic heterocycles. The standard InChI is InChI=1S/C16H33NO/c1-5-16(4,18-7-3)15(17-6-2)13-12-14-10-8-9-11-14/h14-15,17H,5-13H2,1-4H3. The van der Waals surface area contributed by atoms with Crippen LogP contribution in [0.1, 0.15) is 72.6 Å². The first-order valence-electron chi connectivity index (χ1n) is 8.03. The third kappa shape index (κ3) is 4.55. The Balaban J connectivity index is 2.50. The molecule has 0 bridgehead atoms. The fraction of sp³-hybridized carbons (Fsp3) is 1.00. The van der Waals surface area contributed by atoms with Crippen LogP contribution in [0.2, 0.25) is 0 Å². The summed E-state index contributed by atoms with van der Waals surface area (Å²) in [6.45, 7) is 10.7. The van der Waals surface area contributed by atoms with Crippen LogP contribution in [0.3, 0.4) is 0 Å². The Hall–Kier alpha value is -0.0800. The lowest BCUT2D eigenvalue weighted by atomic mass is 9.87. The number of hydrogen-bond donors (Lipinski definition) is 1. The monoisotopic (exact) mass is 255 g/mol. The molecule has 0 aliphatic heterocycles. The first-order valence-corrected chi connectivity index (χ1v) is 8.03. The van der Waals surface area contributed by atoms with Crippen LogP contribution in [0.25, 0.3) is 0 Å². The van der Waals surface area contributed by atoms with Gasteiger partial charge in [0.1, 0.15) is 0 Å². The molecule has 1 fully saturated rings. The molecule has 0 amide bonds. The van der Waals surface area contributed by atoms with Gasteiger partial charge in [-0.3, -0.25) is 0 Å². The average Bonchev–Trinajstić information content (AvgIpc) is 2.87. The lowest BCUT2D eigenvalue weighted by molar-refractivity contribution is -0.0577. The summed E-state index contributed by atoms with van der Waals surface area (Å²) in [5.41, 5.74) is 0.00334. The summed E-state index contributed by atoms with van der Waals surface area (Å²) in [5, 5.41) is 3.66. The topological polar surface area (TPSA) is 21.3 Å². The second-order valence-corrected chi connectivity index (χ2v) is 5.94. The summed E-state index contributed by atoms with van der Waals surface area (Å²) >= 11 is 0. The van der Waals surface area contributed by atoms with E-state index >= 15 is 0 Å². The van der Waals surface area contributed by atoms with E-state index in [0.29, 0.717) is 6.04 Å². The number of rotatable bonds is 9. The molecule has 0 saturated heterocycles. The summed E-state index contributed by atoms with van der Waals surface area (Å²) in [4.78, 5) is 0. The van der Waals surface area contributed by atoms with Crippen LogP contribution in [-0.4, -0.2) is 24.8 Å². The maximum Gasteiger partial charge on any atom is 0.0803 e. The smallest absolute Gasteiger partial charge is 0.0803 e. The zero-order valence-corrected chi connectivity index (χ0v) is 12.9. The quantitative estimate of drug-likeness (QED) is 0.668. The van der Waals surface area contributed by atoms with Crippen molar-refractivity contribution in [2.75, 3.05) is 13.2 Å². The minimum atomic E-state index is 0.00334. The van der Waals surface area contributed by atoms with Gasteiger partial charge in [0.05, 0.1) is 5.60 Å².